The average molecular weight is 377 g/mol. The maximum atomic E-state index is 12.6. The number of aromatic nitrogens is 1. The fourth-order valence-electron chi connectivity index (χ4n) is 2.40. The van der Waals surface area contributed by atoms with Crippen molar-refractivity contribution in [2.75, 3.05) is 31.1 Å². The highest BCUT2D eigenvalue weighted by molar-refractivity contribution is 7.89. The zero-order valence-electron chi connectivity index (χ0n) is 12.4. The van der Waals surface area contributed by atoms with E-state index in [0.29, 0.717) is 24.4 Å². The molecule has 0 N–H and O–H groups in total. The number of piperazine rings is 1. The van der Waals surface area contributed by atoms with Crippen molar-refractivity contribution in [2.24, 2.45) is 0 Å². The van der Waals surface area contributed by atoms with E-state index in [2.05, 4.69) is 4.98 Å². The summed E-state index contributed by atoms with van der Waals surface area (Å²) in [5.74, 6) is 0. The number of halogens is 3. The quantitative estimate of drug-likeness (QED) is 0.825. The predicted molar refractivity (Wildman–Crippen MR) is 84.5 cm³/mol. The lowest BCUT2D eigenvalue weighted by Crippen LogP contribution is -2.48. The number of rotatable bonds is 3. The molecule has 1 aliphatic rings. The second-order valence-electron chi connectivity index (χ2n) is 5.21. The summed E-state index contributed by atoms with van der Waals surface area (Å²) in [6, 6.07) is 8.09. The standard InChI is InChI=1S/C14H14F3N3O2S2/c15-14(16,17)12-10-18-13(23-12)19-6-8-20(9-7-19)24(21,22)11-4-2-1-3-5-11/h1-5,10H,6-9H2. The first kappa shape index (κ1) is 17.2. The molecule has 1 aromatic heterocycles. The number of hydrogen-bond donors (Lipinski definition) is 0. The van der Waals surface area contributed by atoms with Gasteiger partial charge in [-0.3, -0.25) is 0 Å². The summed E-state index contributed by atoms with van der Waals surface area (Å²) in [5, 5.41) is 0.263. The SMILES string of the molecule is O=S(=O)(c1ccccc1)N1CCN(c2ncc(C(F)(F)F)s2)CC1. The molecule has 0 aliphatic carbocycles. The molecule has 24 heavy (non-hydrogen) atoms. The second kappa shape index (κ2) is 6.34. The Hall–Kier alpha value is -1.65. The maximum absolute atomic E-state index is 12.6. The zero-order chi connectivity index (χ0) is 17.4. The molecule has 0 unspecified atom stereocenters. The minimum absolute atomic E-state index is 0.207. The van der Waals surface area contributed by atoms with Crippen LogP contribution in [0.1, 0.15) is 4.88 Å². The van der Waals surface area contributed by atoms with E-state index >= 15 is 0 Å². The molecule has 2 heterocycles. The lowest BCUT2D eigenvalue weighted by molar-refractivity contribution is -0.134. The Labute approximate surface area is 141 Å². The van der Waals surface area contributed by atoms with Crippen LogP contribution in [0.4, 0.5) is 18.3 Å². The molecule has 0 radical (unpaired) electrons. The van der Waals surface area contributed by atoms with Crippen molar-refractivity contribution < 1.29 is 21.6 Å². The van der Waals surface area contributed by atoms with Crippen LogP contribution in [0.25, 0.3) is 0 Å². The van der Waals surface area contributed by atoms with Crippen molar-refractivity contribution in [3.8, 4) is 0 Å². The van der Waals surface area contributed by atoms with Crippen molar-refractivity contribution in [1.82, 2.24) is 9.29 Å². The Kier molecular flexibility index (Phi) is 4.54. The van der Waals surface area contributed by atoms with Crippen molar-refractivity contribution in [1.29, 1.82) is 0 Å². The maximum Gasteiger partial charge on any atom is 0.427 e. The number of anilines is 1. The number of alkyl halides is 3. The van der Waals surface area contributed by atoms with Crippen LogP contribution in [0.15, 0.2) is 41.4 Å². The van der Waals surface area contributed by atoms with Crippen LogP contribution >= 0.6 is 11.3 Å². The van der Waals surface area contributed by atoms with Crippen LogP contribution in [0.3, 0.4) is 0 Å². The lowest BCUT2D eigenvalue weighted by atomic mass is 10.4. The minimum Gasteiger partial charge on any atom is -0.345 e. The number of thiazole rings is 1. The number of benzene rings is 1. The molecule has 5 nitrogen and oxygen atoms in total. The Balaban J connectivity index is 1.69. The van der Waals surface area contributed by atoms with Crippen molar-refractivity contribution >= 4 is 26.5 Å². The third-order valence-corrected chi connectivity index (χ3v) is 6.68. The van der Waals surface area contributed by atoms with Gasteiger partial charge in [-0.25, -0.2) is 13.4 Å². The summed E-state index contributed by atoms with van der Waals surface area (Å²) in [4.78, 5) is 4.95. The van der Waals surface area contributed by atoms with Crippen LogP contribution in [0, 0.1) is 0 Å². The molecule has 1 fully saturated rings. The van der Waals surface area contributed by atoms with E-state index in [1.165, 1.54) is 16.4 Å². The van der Waals surface area contributed by atoms with E-state index in [1.54, 1.807) is 23.1 Å². The van der Waals surface area contributed by atoms with Gasteiger partial charge in [-0.2, -0.15) is 17.5 Å². The van der Waals surface area contributed by atoms with E-state index in [1.807, 2.05) is 0 Å². The lowest BCUT2D eigenvalue weighted by Gasteiger charge is -2.33. The molecule has 0 saturated carbocycles. The van der Waals surface area contributed by atoms with Crippen LogP contribution in [-0.2, 0) is 16.2 Å². The van der Waals surface area contributed by atoms with E-state index in [9.17, 15) is 21.6 Å². The Morgan fingerprint density at radius 2 is 1.67 bits per heavy atom. The molecule has 3 rings (SSSR count). The van der Waals surface area contributed by atoms with Gasteiger partial charge in [0.1, 0.15) is 4.88 Å². The number of nitrogens with zero attached hydrogens (tertiary/aromatic N) is 3. The molecule has 1 aromatic carbocycles. The van der Waals surface area contributed by atoms with Crippen molar-refractivity contribution in [3.05, 3.63) is 41.4 Å². The average Bonchev–Trinajstić information content (AvgIpc) is 3.06. The molecule has 130 valence electrons. The third-order valence-electron chi connectivity index (χ3n) is 3.66. The Morgan fingerprint density at radius 1 is 1.04 bits per heavy atom. The fourth-order valence-corrected chi connectivity index (χ4v) is 4.68. The summed E-state index contributed by atoms with van der Waals surface area (Å²) < 4.78 is 64.3. The highest BCUT2D eigenvalue weighted by Crippen LogP contribution is 2.36. The first-order valence-electron chi connectivity index (χ1n) is 7.11. The molecule has 0 spiro atoms. The fraction of sp³-hybridized carbons (Fsp3) is 0.357. The molecule has 0 bridgehead atoms. The van der Waals surface area contributed by atoms with Gasteiger partial charge in [-0.1, -0.05) is 29.5 Å². The van der Waals surface area contributed by atoms with Crippen molar-refractivity contribution in [3.63, 3.8) is 0 Å². The smallest absolute Gasteiger partial charge is 0.345 e. The Bertz CT molecular complexity index is 798. The van der Waals surface area contributed by atoms with Gasteiger partial charge in [-0.05, 0) is 12.1 Å². The van der Waals surface area contributed by atoms with Crippen LogP contribution in [-0.4, -0.2) is 43.9 Å². The summed E-state index contributed by atoms with van der Waals surface area (Å²) >= 11 is 0.573. The number of sulfonamides is 1. The minimum atomic E-state index is -4.41. The van der Waals surface area contributed by atoms with Gasteiger partial charge >= 0.3 is 6.18 Å². The molecule has 1 saturated heterocycles. The van der Waals surface area contributed by atoms with Gasteiger partial charge in [0, 0.05) is 26.2 Å². The number of hydrogen-bond acceptors (Lipinski definition) is 5. The van der Waals surface area contributed by atoms with E-state index < -0.39 is 21.1 Å². The molecule has 0 amide bonds. The normalized spacial score (nSPS) is 17.2. The zero-order valence-corrected chi connectivity index (χ0v) is 14.0. The predicted octanol–water partition coefficient (Wildman–Crippen LogP) is 2.67. The molecular formula is C14H14F3N3O2S2. The second-order valence-corrected chi connectivity index (χ2v) is 8.16. The molecule has 2 aromatic rings. The summed E-state index contributed by atoms with van der Waals surface area (Å²) in [6.45, 7) is 1.02. The van der Waals surface area contributed by atoms with E-state index in [0.717, 1.165) is 6.20 Å². The van der Waals surface area contributed by atoms with Gasteiger partial charge in [0.15, 0.2) is 5.13 Å². The van der Waals surface area contributed by atoms with Gasteiger partial charge in [0.05, 0.1) is 11.1 Å². The first-order chi connectivity index (χ1) is 11.3. The van der Waals surface area contributed by atoms with Gasteiger partial charge in [0.2, 0.25) is 10.0 Å². The largest absolute Gasteiger partial charge is 0.427 e. The van der Waals surface area contributed by atoms with Gasteiger partial charge in [-0.15, -0.1) is 0 Å². The van der Waals surface area contributed by atoms with Crippen molar-refractivity contribution in [2.45, 2.75) is 11.1 Å². The highest BCUT2D eigenvalue weighted by atomic mass is 32.2. The first-order valence-corrected chi connectivity index (χ1v) is 9.37. The molecular weight excluding hydrogens is 363 g/mol. The topological polar surface area (TPSA) is 53.5 Å². The van der Waals surface area contributed by atoms with E-state index in [-0.39, 0.29) is 23.1 Å². The Morgan fingerprint density at radius 3 is 2.21 bits per heavy atom. The van der Waals surface area contributed by atoms with Crippen LogP contribution in [0.2, 0.25) is 0 Å². The van der Waals surface area contributed by atoms with Crippen LogP contribution in [0.5, 0.6) is 0 Å². The van der Waals surface area contributed by atoms with Gasteiger partial charge in [0.25, 0.3) is 0 Å². The molecule has 10 heteroatoms. The van der Waals surface area contributed by atoms with Crippen LogP contribution < -0.4 is 4.90 Å². The van der Waals surface area contributed by atoms with E-state index in [4.69, 9.17) is 0 Å². The van der Waals surface area contributed by atoms with Gasteiger partial charge < -0.3 is 4.90 Å². The summed E-state index contributed by atoms with van der Waals surface area (Å²) in [6.07, 6.45) is -3.60. The third kappa shape index (κ3) is 3.40. The summed E-state index contributed by atoms with van der Waals surface area (Å²) in [5.41, 5.74) is 0. The molecule has 1 aliphatic heterocycles. The summed E-state index contributed by atoms with van der Waals surface area (Å²) in [7, 11) is -3.58. The monoisotopic (exact) mass is 377 g/mol. The highest BCUT2D eigenvalue weighted by Gasteiger charge is 2.35. The molecule has 0 atom stereocenters.